The van der Waals surface area contributed by atoms with Gasteiger partial charge in [0.1, 0.15) is 5.75 Å². The molecule has 30 heavy (non-hydrogen) atoms. The Morgan fingerprint density at radius 2 is 1.70 bits per heavy atom. The van der Waals surface area contributed by atoms with Gasteiger partial charge < -0.3 is 19.9 Å². The first kappa shape index (κ1) is 21.0. The maximum Gasteiger partial charge on any atom is 0.255 e. The minimum Gasteiger partial charge on any atom is -0.485 e. The largest absolute Gasteiger partial charge is 0.485 e. The Bertz CT molecular complexity index is 1040. The van der Waals surface area contributed by atoms with Gasteiger partial charge in [0.25, 0.3) is 5.91 Å². The van der Waals surface area contributed by atoms with E-state index in [4.69, 9.17) is 9.26 Å². The highest BCUT2D eigenvalue weighted by molar-refractivity contribution is 6.04. The number of aromatic nitrogens is 2. The third kappa shape index (κ3) is 5.66. The Labute approximate surface area is 174 Å². The van der Waals surface area contributed by atoms with E-state index in [1.165, 1.54) is 0 Å². The molecular weight excluding hydrogens is 384 g/mol. The van der Waals surface area contributed by atoms with Crippen molar-refractivity contribution in [2.45, 2.75) is 34.3 Å². The quantitative estimate of drug-likeness (QED) is 0.633. The predicted molar refractivity (Wildman–Crippen MR) is 112 cm³/mol. The summed E-state index contributed by atoms with van der Waals surface area (Å²) in [6.07, 6.45) is 0. The zero-order valence-electron chi connectivity index (χ0n) is 17.4. The molecule has 0 atom stereocenters. The minimum absolute atomic E-state index is 0.0995. The maximum absolute atomic E-state index is 12.5. The van der Waals surface area contributed by atoms with Crippen molar-refractivity contribution >= 4 is 23.2 Å². The Morgan fingerprint density at radius 3 is 2.30 bits per heavy atom. The van der Waals surface area contributed by atoms with E-state index in [2.05, 4.69) is 20.8 Å². The molecule has 1 aromatic heterocycles. The molecule has 0 radical (unpaired) electrons. The van der Waals surface area contributed by atoms with Crippen molar-refractivity contribution in [1.29, 1.82) is 0 Å². The first-order valence-electron chi connectivity index (χ1n) is 9.45. The third-order valence-corrected chi connectivity index (χ3v) is 4.11. The summed E-state index contributed by atoms with van der Waals surface area (Å²) in [6.45, 7) is 7.40. The highest BCUT2D eigenvalue weighted by Gasteiger charge is 2.21. The molecule has 0 aliphatic carbocycles. The number of benzene rings is 2. The molecular formula is C22H24N4O4. The Hall–Kier alpha value is -3.68. The van der Waals surface area contributed by atoms with Crippen molar-refractivity contribution in [3.63, 3.8) is 0 Å². The van der Waals surface area contributed by atoms with Crippen LogP contribution >= 0.6 is 0 Å². The normalized spacial score (nSPS) is 11.1. The summed E-state index contributed by atoms with van der Waals surface area (Å²) in [6, 6.07) is 13.7. The van der Waals surface area contributed by atoms with Crippen LogP contribution in [0.15, 0.2) is 53.1 Å². The van der Waals surface area contributed by atoms with Crippen LogP contribution in [0.2, 0.25) is 0 Å². The lowest BCUT2D eigenvalue weighted by molar-refractivity contribution is -0.123. The molecule has 156 valence electrons. The molecule has 0 bridgehead atoms. The van der Waals surface area contributed by atoms with Gasteiger partial charge in [-0.2, -0.15) is 4.98 Å². The molecule has 0 unspecified atom stereocenters. The second kappa shape index (κ2) is 8.77. The van der Waals surface area contributed by atoms with Gasteiger partial charge >= 0.3 is 0 Å². The van der Waals surface area contributed by atoms with Gasteiger partial charge in [0.05, 0.1) is 0 Å². The van der Waals surface area contributed by atoms with Crippen LogP contribution in [0.1, 0.15) is 42.8 Å². The SMILES string of the molecule is Cc1nc(COc2ccc(C(=O)Nc3cccc(NC(=O)C(C)(C)C)c3)cc2)no1. The summed E-state index contributed by atoms with van der Waals surface area (Å²) in [4.78, 5) is 28.7. The topological polar surface area (TPSA) is 106 Å². The molecule has 8 heteroatoms. The van der Waals surface area contributed by atoms with Gasteiger partial charge in [-0.25, -0.2) is 0 Å². The van der Waals surface area contributed by atoms with E-state index >= 15 is 0 Å². The Morgan fingerprint density at radius 1 is 1.03 bits per heavy atom. The van der Waals surface area contributed by atoms with Crippen molar-refractivity contribution in [3.8, 4) is 5.75 Å². The Kier molecular flexibility index (Phi) is 6.15. The van der Waals surface area contributed by atoms with Gasteiger partial charge in [0, 0.05) is 29.3 Å². The molecule has 0 saturated carbocycles. The highest BCUT2D eigenvalue weighted by atomic mass is 16.5. The number of nitrogens with one attached hydrogen (secondary N) is 2. The van der Waals surface area contributed by atoms with Gasteiger partial charge in [0.15, 0.2) is 6.61 Å². The van der Waals surface area contributed by atoms with E-state index in [0.717, 1.165) is 0 Å². The smallest absolute Gasteiger partial charge is 0.255 e. The van der Waals surface area contributed by atoms with Crippen molar-refractivity contribution < 1.29 is 18.8 Å². The van der Waals surface area contributed by atoms with Crippen LogP contribution in [0.4, 0.5) is 11.4 Å². The van der Waals surface area contributed by atoms with Gasteiger partial charge in [0.2, 0.25) is 17.6 Å². The second-order valence-corrected chi connectivity index (χ2v) is 7.78. The van der Waals surface area contributed by atoms with Crippen molar-refractivity contribution in [3.05, 3.63) is 65.8 Å². The first-order valence-corrected chi connectivity index (χ1v) is 9.45. The standard InChI is InChI=1S/C22H24N4O4/c1-14-23-19(26-30-14)13-29-18-10-8-15(9-11-18)20(27)24-16-6-5-7-17(12-16)25-21(28)22(2,3)4/h5-12H,13H2,1-4H3,(H,24,27)(H,25,28). The van der Waals surface area contributed by atoms with Crippen LogP contribution in [-0.2, 0) is 11.4 Å². The average molecular weight is 408 g/mol. The molecule has 3 rings (SSSR count). The fourth-order valence-electron chi connectivity index (χ4n) is 2.45. The number of nitrogens with zero attached hydrogens (tertiary/aromatic N) is 2. The lowest BCUT2D eigenvalue weighted by Gasteiger charge is -2.18. The summed E-state index contributed by atoms with van der Waals surface area (Å²) < 4.78 is 10.5. The Balaban J connectivity index is 1.59. The van der Waals surface area contributed by atoms with E-state index in [0.29, 0.717) is 34.4 Å². The summed E-state index contributed by atoms with van der Waals surface area (Å²) in [7, 11) is 0. The van der Waals surface area contributed by atoms with E-state index in [1.54, 1.807) is 55.5 Å². The first-order chi connectivity index (χ1) is 14.2. The van der Waals surface area contributed by atoms with Crippen LogP contribution in [0, 0.1) is 12.3 Å². The van der Waals surface area contributed by atoms with Gasteiger partial charge in [-0.15, -0.1) is 0 Å². The lowest BCUT2D eigenvalue weighted by atomic mass is 9.95. The molecule has 2 N–H and O–H groups in total. The molecule has 0 fully saturated rings. The number of aryl methyl sites for hydroxylation is 1. The number of carbonyl (C=O) groups is 2. The van der Waals surface area contributed by atoms with Gasteiger partial charge in [-0.3, -0.25) is 9.59 Å². The van der Waals surface area contributed by atoms with Gasteiger partial charge in [-0.1, -0.05) is 32.0 Å². The zero-order chi connectivity index (χ0) is 21.7. The molecule has 2 amide bonds. The number of carbonyl (C=O) groups excluding carboxylic acids is 2. The summed E-state index contributed by atoms with van der Waals surface area (Å²) >= 11 is 0. The maximum atomic E-state index is 12.5. The predicted octanol–water partition coefficient (Wildman–Crippen LogP) is 4.19. The molecule has 0 aliphatic heterocycles. The van der Waals surface area contributed by atoms with Crippen molar-refractivity contribution in [2.24, 2.45) is 5.41 Å². The molecule has 0 saturated heterocycles. The number of anilines is 2. The van der Waals surface area contributed by atoms with E-state index < -0.39 is 5.41 Å². The van der Waals surface area contributed by atoms with Crippen LogP contribution in [-0.4, -0.2) is 22.0 Å². The number of hydrogen-bond acceptors (Lipinski definition) is 6. The number of rotatable bonds is 6. The third-order valence-electron chi connectivity index (χ3n) is 4.11. The summed E-state index contributed by atoms with van der Waals surface area (Å²) in [5.74, 6) is 1.14. The summed E-state index contributed by atoms with van der Waals surface area (Å²) in [5.41, 5.74) is 1.17. The number of amides is 2. The van der Waals surface area contributed by atoms with Crippen molar-refractivity contribution in [1.82, 2.24) is 10.1 Å². The van der Waals surface area contributed by atoms with Gasteiger partial charge in [-0.05, 0) is 42.5 Å². The number of ether oxygens (including phenoxy) is 1. The van der Waals surface area contributed by atoms with E-state index in [9.17, 15) is 9.59 Å². The fraction of sp³-hybridized carbons (Fsp3) is 0.273. The zero-order valence-corrected chi connectivity index (χ0v) is 17.4. The molecule has 2 aromatic carbocycles. The monoisotopic (exact) mass is 408 g/mol. The van der Waals surface area contributed by atoms with Crippen LogP contribution in [0.5, 0.6) is 5.75 Å². The summed E-state index contributed by atoms with van der Waals surface area (Å²) in [5, 5.41) is 9.44. The van der Waals surface area contributed by atoms with Crippen LogP contribution in [0.25, 0.3) is 0 Å². The number of hydrogen-bond donors (Lipinski definition) is 2. The fourth-order valence-corrected chi connectivity index (χ4v) is 2.45. The minimum atomic E-state index is -0.508. The molecule has 8 nitrogen and oxygen atoms in total. The molecule has 3 aromatic rings. The van der Waals surface area contributed by atoms with Crippen LogP contribution < -0.4 is 15.4 Å². The lowest BCUT2D eigenvalue weighted by Crippen LogP contribution is -2.27. The van der Waals surface area contributed by atoms with Crippen LogP contribution in [0.3, 0.4) is 0 Å². The molecule has 0 aliphatic rings. The second-order valence-electron chi connectivity index (χ2n) is 7.78. The molecule has 1 heterocycles. The van der Waals surface area contributed by atoms with E-state index in [1.807, 2.05) is 20.8 Å². The highest BCUT2D eigenvalue weighted by Crippen LogP contribution is 2.21. The molecule has 0 spiro atoms. The average Bonchev–Trinajstić information content (AvgIpc) is 3.11. The van der Waals surface area contributed by atoms with E-state index in [-0.39, 0.29) is 18.4 Å². The van der Waals surface area contributed by atoms with Crippen molar-refractivity contribution in [2.75, 3.05) is 10.6 Å².